The summed E-state index contributed by atoms with van der Waals surface area (Å²) in [7, 11) is 0. The number of carbonyl (C=O) groups is 2. The molecule has 0 radical (unpaired) electrons. The summed E-state index contributed by atoms with van der Waals surface area (Å²) in [6, 6.07) is 0. The minimum atomic E-state index is -0.940. The Kier molecular flexibility index (Phi) is 4.89. The molecule has 2 N–H and O–H groups in total. The molecule has 2 heterocycles. The summed E-state index contributed by atoms with van der Waals surface area (Å²) >= 11 is 1.03. The van der Waals surface area contributed by atoms with E-state index in [1.165, 1.54) is 0 Å². The van der Waals surface area contributed by atoms with Crippen molar-refractivity contribution in [1.29, 1.82) is 0 Å². The van der Waals surface area contributed by atoms with Gasteiger partial charge in [-0.2, -0.15) is 0 Å². The van der Waals surface area contributed by atoms with Crippen molar-refractivity contribution < 1.29 is 19.4 Å². The summed E-state index contributed by atoms with van der Waals surface area (Å²) < 4.78 is 9.02. The van der Waals surface area contributed by atoms with Gasteiger partial charge in [0.05, 0.1) is 11.1 Å². The molecule has 7 nitrogen and oxygen atoms in total. The third kappa shape index (κ3) is 3.38. The molecule has 1 aromatic heterocycles. The van der Waals surface area contributed by atoms with Gasteiger partial charge in [0.25, 0.3) is 5.91 Å². The van der Waals surface area contributed by atoms with Crippen LogP contribution in [0.5, 0.6) is 0 Å². The maximum atomic E-state index is 12.2. The summed E-state index contributed by atoms with van der Waals surface area (Å²) in [5.74, 6) is -1.10. The second kappa shape index (κ2) is 6.48. The van der Waals surface area contributed by atoms with Gasteiger partial charge in [0, 0.05) is 19.8 Å². The molecule has 116 valence electrons. The van der Waals surface area contributed by atoms with Crippen molar-refractivity contribution >= 4 is 23.4 Å². The Balaban J connectivity index is 2.05. The fourth-order valence-corrected chi connectivity index (χ4v) is 3.03. The maximum absolute atomic E-state index is 12.2. The SMILES string of the molecule is CC(C)c1nnsc1C(=O)NCC1(C(=O)O)CCOCC1. The van der Waals surface area contributed by atoms with Crippen molar-refractivity contribution in [3.63, 3.8) is 0 Å². The Hall–Kier alpha value is -1.54. The summed E-state index contributed by atoms with van der Waals surface area (Å²) in [5.41, 5.74) is -0.293. The first kappa shape index (κ1) is 15.8. The zero-order chi connectivity index (χ0) is 15.5. The molecule has 8 heteroatoms. The smallest absolute Gasteiger partial charge is 0.311 e. The average molecular weight is 313 g/mol. The van der Waals surface area contributed by atoms with Crippen molar-refractivity contribution in [2.24, 2.45) is 5.41 Å². The molecule has 1 saturated heterocycles. The fraction of sp³-hybridized carbons (Fsp3) is 0.692. The zero-order valence-corrected chi connectivity index (χ0v) is 12.9. The molecular weight excluding hydrogens is 294 g/mol. The topological polar surface area (TPSA) is 101 Å². The molecule has 1 fully saturated rings. The quantitative estimate of drug-likeness (QED) is 0.849. The van der Waals surface area contributed by atoms with Crippen LogP contribution in [0.1, 0.15) is 48.0 Å². The zero-order valence-electron chi connectivity index (χ0n) is 12.1. The Morgan fingerprint density at radius 1 is 1.43 bits per heavy atom. The maximum Gasteiger partial charge on any atom is 0.311 e. The number of hydrogen-bond acceptors (Lipinski definition) is 6. The number of carbonyl (C=O) groups excluding carboxylic acids is 1. The van der Waals surface area contributed by atoms with Crippen LogP contribution in [0.4, 0.5) is 0 Å². The van der Waals surface area contributed by atoms with E-state index in [2.05, 4.69) is 14.9 Å². The fourth-order valence-electron chi connectivity index (χ4n) is 2.29. The first-order valence-electron chi connectivity index (χ1n) is 6.88. The lowest BCUT2D eigenvalue weighted by Crippen LogP contribution is -2.46. The largest absolute Gasteiger partial charge is 0.481 e. The van der Waals surface area contributed by atoms with Gasteiger partial charge in [0.15, 0.2) is 0 Å². The summed E-state index contributed by atoms with van der Waals surface area (Å²) in [4.78, 5) is 24.2. The van der Waals surface area contributed by atoms with Crippen molar-refractivity contribution in [3.05, 3.63) is 10.6 Å². The number of carboxylic acid groups (broad SMARTS) is 1. The van der Waals surface area contributed by atoms with Crippen LogP contribution in [-0.2, 0) is 9.53 Å². The highest BCUT2D eigenvalue weighted by atomic mass is 32.1. The molecule has 1 aliphatic rings. The molecule has 0 saturated carbocycles. The third-order valence-electron chi connectivity index (χ3n) is 3.76. The van der Waals surface area contributed by atoms with Gasteiger partial charge in [-0.1, -0.05) is 18.3 Å². The number of amides is 1. The lowest BCUT2D eigenvalue weighted by atomic mass is 9.80. The van der Waals surface area contributed by atoms with Crippen LogP contribution in [0, 0.1) is 5.41 Å². The molecule has 1 amide bonds. The van der Waals surface area contributed by atoms with Crippen molar-refractivity contribution in [3.8, 4) is 0 Å². The predicted molar refractivity (Wildman–Crippen MR) is 76.5 cm³/mol. The van der Waals surface area contributed by atoms with Gasteiger partial charge in [-0.05, 0) is 30.3 Å². The first-order chi connectivity index (χ1) is 9.96. The highest BCUT2D eigenvalue weighted by Crippen LogP contribution is 2.30. The molecule has 1 aliphatic heterocycles. The normalized spacial score (nSPS) is 17.7. The van der Waals surface area contributed by atoms with Gasteiger partial charge < -0.3 is 15.2 Å². The van der Waals surface area contributed by atoms with Gasteiger partial charge in [-0.15, -0.1) is 5.10 Å². The van der Waals surface area contributed by atoms with E-state index in [0.717, 1.165) is 11.5 Å². The first-order valence-corrected chi connectivity index (χ1v) is 7.65. The second-order valence-corrected chi connectivity index (χ2v) is 6.28. The standard InChI is InChI=1S/C13H19N3O4S/c1-8(2)9-10(21-16-15-9)11(17)14-7-13(12(18)19)3-5-20-6-4-13/h8H,3-7H2,1-2H3,(H,14,17)(H,18,19). The van der Waals surface area contributed by atoms with Gasteiger partial charge in [0.2, 0.25) is 0 Å². The minimum Gasteiger partial charge on any atom is -0.481 e. The van der Waals surface area contributed by atoms with Gasteiger partial charge in [-0.25, -0.2) is 0 Å². The van der Waals surface area contributed by atoms with Crippen LogP contribution in [0.25, 0.3) is 0 Å². The van der Waals surface area contributed by atoms with E-state index < -0.39 is 11.4 Å². The molecule has 0 spiro atoms. The van der Waals surface area contributed by atoms with Crippen LogP contribution >= 0.6 is 11.5 Å². The van der Waals surface area contributed by atoms with E-state index in [1.807, 2.05) is 13.8 Å². The molecule has 0 bridgehead atoms. The van der Waals surface area contributed by atoms with Crippen LogP contribution in [0.15, 0.2) is 0 Å². The van der Waals surface area contributed by atoms with E-state index in [0.29, 0.717) is 36.6 Å². The van der Waals surface area contributed by atoms with Crippen LogP contribution in [0.2, 0.25) is 0 Å². The lowest BCUT2D eigenvalue weighted by molar-refractivity contribution is -0.154. The van der Waals surface area contributed by atoms with E-state index in [4.69, 9.17) is 4.74 Å². The van der Waals surface area contributed by atoms with E-state index in [-0.39, 0.29) is 18.4 Å². The number of carboxylic acids is 1. The summed E-state index contributed by atoms with van der Waals surface area (Å²) in [6.45, 7) is 4.78. The molecule has 1 aromatic rings. The van der Waals surface area contributed by atoms with Crippen LogP contribution in [0.3, 0.4) is 0 Å². The monoisotopic (exact) mass is 313 g/mol. The molecule has 0 aliphatic carbocycles. The molecule has 0 unspecified atom stereocenters. The average Bonchev–Trinajstić information content (AvgIpc) is 2.95. The van der Waals surface area contributed by atoms with E-state index in [1.54, 1.807) is 0 Å². The van der Waals surface area contributed by atoms with E-state index in [9.17, 15) is 14.7 Å². The Labute approximate surface area is 126 Å². The summed E-state index contributed by atoms with van der Waals surface area (Å²) in [5, 5.41) is 16.1. The number of aliphatic carboxylic acids is 1. The molecule has 0 atom stereocenters. The number of nitrogens with zero attached hydrogens (tertiary/aromatic N) is 2. The van der Waals surface area contributed by atoms with Crippen molar-refractivity contribution in [1.82, 2.24) is 14.9 Å². The molecular formula is C13H19N3O4S. The van der Waals surface area contributed by atoms with Gasteiger partial charge in [0.1, 0.15) is 4.88 Å². The van der Waals surface area contributed by atoms with Crippen molar-refractivity contribution in [2.45, 2.75) is 32.6 Å². The number of aromatic nitrogens is 2. The number of nitrogens with one attached hydrogen (secondary N) is 1. The third-order valence-corrected chi connectivity index (χ3v) is 4.50. The Bertz CT molecular complexity index is 523. The number of hydrogen-bond donors (Lipinski definition) is 2. The molecule has 21 heavy (non-hydrogen) atoms. The number of ether oxygens (including phenoxy) is 1. The van der Waals surface area contributed by atoms with Gasteiger partial charge >= 0.3 is 5.97 Å². The molecule has 2 rings (SSSR count). The highest BCUT2D eigenvalue weighted by molar-refractivity contribution is 7.08. The number of rotatable bonds is 5. The van der Waals surface area contributed by atoms with Crippen molar-refractivity contribution in [2.75, 3.05) is 19.8 Å². The van der Waals surface area contributed by atoms with Gasteiger partial charge in [-0.3, -0.25) is 9.59 Å². The van der Waals surface area contributed by atoms with E-state index >= 15 is 0 Å². The Morgan fingerprint density at radius 2 is 2.10 bits per heavy atom. The minimum absolute atomic E-state index is 0.0972. The highest BCUT2D eigenvalue weighted by Gasteiger charge is 2.40. The summed E-state index contributed by atoms with van der Waals surface area (Å²) in [6.07, 6.45) is 0.807. The molecule has 0 aromatic carbocycles. The predicted octanol–water partition coefficient (Wildman–Crippen LogP) is 1.27. The lowest BCUT2D eigenvalue weighted by Gasteiger charge is -2.33. The Morgan fingerprint density at radius 3 is 2.67 bits per heavy atom. The second-order valence-electron chi connectivity index (χ2n) is 5.52. The van der Waals surface area contributed by atoms with Crippen LogP contribution in [-0.4, -0.2) is 46.3 Å². The van der Waals surface area contributed by atoms with Crippen LogP contribution < -0.4 is 5.32 Å².